The highest BCUT2D eigenvalue weighted by atomic mass is 32.1. The molecule has 74 valence electrons. The molecule has 0 aliphatic heterocycles. The van der Waals surface area contributed by atoms with E-state index in [1.165, 1.54) is 25.7 Å². The first kappa shape index (κ1) is 9.63. The van der Waals surface area contributed by atoms with Crippen molar-refractivity contribution < 1.29 is 0 Å². The molecule has 1 saturated carbocycles. The Labute approximate surface area is 87.8 Å². The maximum Gasteiger partial charge on any atom is 0.132 e. The summed E-state index contributed by atoms with van der Waals surface area (Å²) in [6.07, 6.45) is 6.77. The lowest BCUT2D eigenvalue weighted by molar-refractivity contribution is 0.495. The van der Waals surface area contributed by atoms with Crippen LogP contribution in [0.3, 0.4) is 0 Å². The molecule has 0 bridgehead atoms. The van der Waals surface area contributed by atoms with Crippen LogP contribution in [0.4, 0.5) is 0 Å². The fraction of sp³-hybridized carbons (Fsp3) is 0.600. The van der Waals surface area contributed by atoms with Crippen molar-refractivity contribution in [3.05, 3.63) is 16.6 Å². The fourth-order valence-electron chi connectivity index (χ4n) is 1.88. The van der Waals surface area contributed by atoms with Crippen molar-refractivity contribution in [2.45, 2.75) is 37.8 Å². The molecule has 1 fully saturated rings. The monoisotopic (exact) mass is 207 g/mol. The largest absolute Gasteiger partial charge is 0.295 e. The highest BCUT2D eigenvalue weighted by Gasteiger charge is 2.20. The van der Waals surface area contributed by atoms with Gasteiger partial charge in [0, 0.05) is 12.2 Å². The Hall–Kier alpha value is -0.920. The van der Waals surface area contributed by atoms with Crippen LogP contribution in [-0.2, 0) is 0 Å². The molecule has 4 heteroatoms. The van der Waals surface area contributed by atoms with Crippen molar-refractivity contribution in [2.24, 2.45) is 0 Å². The molecule has 1 unspecified atom stereocenters. The van der Waals surface area contributed by atoms with Crippen molar-refractivity contribution in [1.82, 2.24) is 10.3 Å². The van der Waals surface area contributed by atoms with E-state index in [1.54, 1.807) is 23.0 Å². The van der Waals surface area contributed by atoms with Crippen molar-refractivity contribution >= 4 is 11.3 Å². The van der Waals surface area contributed by atoms with E-state index in [2.05, 4.69) is 16.4 Å². The molecule has 0 amide bonds. The smallest absolute Gasteiger partial charge is 0.132 e. The molecule has 14 heavy (non-hydrogen) atoms. The Morgan fingerprint density at radius 1 is 1.57 bits per heavy atom. The number of nitrogens with one attached hydrogen (secondary N) is 1. The molecule has 0 radical (unpaired) electrons. The topological polar surface area (TPSA) is 48.7 Å². The third-order valence-electron chi connectivity index (χ3n) is 2.62. The second-order valence-corrected chi connectivity index (χ2v) is 4.53. The summed E-state index contributed by atoms with van der Waals surface area (Å²) in [6, 6.07) is 2.66. The fourth-order valence-corrected chi connectivity index (χ4v) is 2.50. The minimum absolute atomic E-state index is 0.161. The zero-order chi connectivity index (χ0) is 9.80. The van der Waals surface area contributed by atoms with Gasteiger partial charge < -0.3 is 0 Å². The molecule has 3 nitrogen and oxygen atoms in total. The number of nitrogens with zero attached hydrogens (tertiary/aromatic N) is 2. The van der Waals surface area contributed by atoms with Gasteiger partial charge in [0.05, 0.1) is 16.5 Å². The van der Waals surface area contributed by atoms with E-state index in [4.69, 9.17) is 5.26 Å². The molecule has 1 aliphatic carbocycles. The minimum Gasteiger partial charge on any atom is -0.295 e. The Balaban J connectivity index is 1.97. The quantitative estimate of drug-likeness (QED) is 0.827. The van der Waals surface area contributed by atoms with E-state index >= 15 is 0 Å². The summed E-state index contributed by atoms with van der Waals surface area (Å²) in [4.78, 5) is 5.02. The number of nitriles is 1. The SMILES string of the molecule is N#CC(NC1CCCC1)c1cncs1. The van der Waals surface area contributed by atoms with Crippen molar-refractivity contribution in [2.75, 3.05) is 0 Å². The van der Waals surface area contributed by atoms with E-state index in [1.807, 2.05) is 0 Å². The molecule has 1 aromatic heterocycles. The van der Waals surface area contributed by atoms with Crippen LogP contribution >= 0.6 is 11.3 Å². The van der Waals surface area contributed by atoms with Crippen LogP contribution in [0.15, 0.2) is 11.7 Å². The third-order valence-corrected chi connectivity index (χ3v) is 3.46. The molecule has 2 rings (SSSR count). The lowest BCUT2D eigenvalue weighted by Crippen LogP contribution is -2.29. The second-order valence-electron chi connectivity index (χ2n) is 3.61. The maximum atomic E-state index is 9.02. The number of rotatable bonds is 3. The van der Waals surface area contributed by atoms with Gasteiger partial charge in [0.1, 0.15) is 6.04 Å². The van der Waals surface area contributed by atoms with Crippen LogP contribution in [0.2, 0.25) is 0 Å². The van der Waals surface area contributed by atoms with E-state index in [9.17, 15) is 0 Å². The molecule has 1 aromatic rings. The number of hydrogen-bond donors (Lipinski definition) is 1. The predicted octanol–water partition coefficient (Wildman–Crippen LogP) is 2.24. The number of hydrogen-bond acceptors (Lipinski definition) is 4. The summed E-state index contributed by atoms with van der Waals surface area (Å²) in [7, 11) is 0. The summed E-state index contributed by atoms with van der Waals surface area (Å²) < 4.78 is 0. The Bertz CT molecular complexity index is 309. The lowest BCUT2D eigenvalue weighted by Gasteiger charge is -2.15. The van der Waals surface area contributed by atoms with Crippen LogP contribution in [-0.4, -0.2) is 11.0 Å². The molecule has 0 aromatic carbocycles. The summed E-state index contributed by atoms with van der Waals surface area (Å²) >= 11 is 1.54. The normalized spacial score (nSPS) is 19.4. The highest BCUT2D eigenvalue weighted by molar-refractivity contribution is 7.09. The van der Waals surface area contributed by atoms with E-state index < -0.39 is 0 Å². The second kappa shape index (κ2) is 4.54. The molecule has 1 heterocycles. The molecular weight excluding hydrogens is 194 g/mol. The van der Waals surface area contributed by atoms with Crippen molar-refractivity contribution in [3.8, 4) is 6.07 Å². The average molecular weight is 207 g/mol. The van der Waals surface area contributed by atoms with Gasteiger partial charge in [-0.2, -0.15) is 5.26 Å². The highest BCUT2D eigenvalue weighted by Crippen LogP contribution is 2.23. The molecule has 1 N–H and O–H groups in total. The van der Waals surface area contributed by atoms with Gasteiger partial charge in [0.2, 0.25) is 0 Å². The van der Waals surface area contributed by atoms with E-state index in [0.717, 1.165) is 4.88 Å². The standard InChI is InChI=1S/C10H13N3S/c11-5-9(10-6-12-7-14-10)13-8-3-1-2-4-8/h6-9,13H,1-4H2. The average Bonchev–Trinajstić information content (AvgIpc) is 2.86. The van der Waals surface area contributed by atoms with Gasteiger partial charge in [0.25, 0.3) is 0 Å². The Morgan fingerprint density at radius 2 is 2.36 bits per heavy atom. The maximum absolute atomic E-state index is 9.02. The third kappa shape index (κ3) is 2.11. The van der Waals surface area contributed by atoms with Crippen LogP contribution in [0.25, 0.3) is 0 Å². The molecular formula is C10H13N3S. The zero-order valence-electron chi connectivity index (χ0n) is 7.94. The van der Waals surface area contributed by atoms with Crippen molar-refractivity contribution in [1.29, 1.82) is 5.26 Å². The van der Waals surface area contributed by atoms with Gasteiger partial charge in [-0.1, -0.05) is 12.8 Å². The van der Waals surface area contributed by atoms with Gasteiger partial charge in [0.15, 0.2) is 0 Å². The predicted molar refractivity (Wildman–Crippen MR) is 55.9 cm³/mol. The summed E-state index contributed by atoms with van der Waals surface area (Å²) in [6.45, 7) is 0. The molecule has 1 aliphatic rings. The van der Waals surface area contributed by atoms with Gasteiger partial charge in [-0.25, -0.2) is 0 Å². The van der Waals surface area contributed by atoms with E-state index in [0.29, 0.717) is 6.04 Å². The van der Waals surface area contributed by atoms with Crippen LogP contribution < -0.4 is 5.32 Å². The van der Waals surface area contributed by atoms with Crippen LogP contribution in [0.1, 0.15) is 36.6 Å². The minimum atomic E-state index is -0.161. The Morgan fingerprint density at radius 3 is 2.93 bits per heavy atom. The van der Waals surface area contributed by atoms with Gasteiger partial charge >= 0.3 is 0 Å². The van der Waals surface area contributed by atoms with Gasteiger partial charge in [-0.05, 0) is 12.8 Å². The zero-order valence-corrected chi connectivity index (χ0v) is 8.76. The van der Waals surface area contributed by atoms with Gasteiger partial charge in [-0.15, -0.1) is 11.3 Å². The van der Waals surface area contributed by atoms with Crippen molar-refractivity contribution in [3.63, 3.8) is 0 Å². The first-order valence-electron chi connectivity index (χ1n) is 4.94. The lowest BCUT2D eigenvalue weighted by atomic mass is 10.2. The van der Waals surface area contributed by atoms with Gasteiger partial charge in [-0.3, -0.25) is 10.3 Å². The Kier molecular flexibility index (Phi) is 3.12. The summed E-state index contributed by atoms with van der Waals surface area (Å²) in [5.41, 5.74) is 1.77. The van der Waals surface area contributed by atoms with Crippen LogP contribution in [0.5, 0.6) is 0 Å². The number of thiazole rings is 1. The molecule has 0 spiro atoms. The summed E-state index contributed by atoms with van der Waals surface area (Å²) in [5.74, 6) is 0. The summed E-state index contributed by atoms with van der Waals surface area (Å²) in [5, 5.41) is 12.4. The molecule has 1 atom stereocenters. The van der Waals surface area contributed by atoms with Crippen LogP contribution in [0, 0.1) is 11.3 Å². The first-order chi connectivity index (χ1) is 6.90. The molecule has 0 saturated heterocycles. The number of aromatic nitrogens is 1. The van der Waals surface area contributed by atoms with E-state index in [-0.39, 0.29) is 6.04 Å². The first-order valence-corrected chi connectivity index (χ1v) is 5.82.